The van der Waals surface area contributed by atoms with Gasteiger partial charge in [-0.05, 0) is 54.7 Å². The van der Waals surface area contributed by atoms with Crippen LogP contribution in [0.5, 0.6) is 23.0 Å². The summed E-state index contributed by atoms with van der Waals surface area (Å²) in [6, 6.07) is 10.8. The number of guanidine groups is 1. The van der Waals surface area contributed by atoms with E-state index in [1.54, 1.807) is 26.4 Å². The molecule has 0 aliphatic carbocycles. The Hall–Kier alpha value is -3.68. The number of methoxy groups -OCH3 is 2. The second-order valence-corrected chi connectivity index (χ2v) is 7.70. The predicted octanol–water partition coefficient (Wildman–Crippen LogP) is 3.20. The van der Waals surface area contributed by atoms with Gasteiger partial charge in [-0.25, -0.2) is 10.0 Å². The van der Waals surface area contributed by atoms with Crippen LogP contribution in [0.25, 0.3) is 0 Å². The molecule has 4 rings (SSSR count). The van der Waals surface area contributed by atoms with Crippen LogP contribution in [-0.4, -0.2) is 54.2 Å². The maximum atomic E-state index is 9.82. The number of aliphatic imine (C=N–C) groups is 1. The van der Waals surface area contributed by atoms with E-state index in [0.29, 0.717) is 17.9 Å². The summed E-state index contributed by atoms with van der Waals surface area (Å²) >= 11 is 0. The number of phenols is 2. The highest BCUT2D eigenvalue weighted by molar-refractivity contribution is 5.94. The number of hydrogen-bond donors (Lipinski definition) is 3. The first-order valence-corrected chi connectivity index (χ1v) is 10.6. The maximum Gasteiger partial charge on any atom is 0.219 e. The molecule has 2 aliphatic heterocycles. The summed E-state index contributed by atoms with van der Waals surface area (Å²) < 4.78 is 10.4. The Bertz CT molecular complexity index is 1080. The zero-order chi connectivity index (χ0) is 22.5. The van der Waals surface area contributed by atoms with Gasteiger partial charge in [0.2, 0.25) is 5.96 Å². The molecule has 0 atom stereocenters. The smallest absolute Gasteiger partial charge is 0.219 e. The van der Waals surface area contributed by atoms with E-state index in [2.05, 4.69) is 16.4 Å². The number of benzene rings is 2. The molecule has 0 amide bonds. The zero-order valence-corrected chi connectivity index (χ0v) is 18.3. The summed E-state index contributed by atoms with van der Waals surface area (Å²) in [7, 11) is 3.09. The summed E-state index contributed by atoms with van der Waals surface area (Å²) in [4.78, 5) is 4.53. The fraction of sp³-hybridized carbons (Fsp3) is 0.333. The lowest BCUT2D eigenvalue weighted by Crippen LogP contribution is -2.32. The third kappa shape index (κ3) is 4.80. The van der Waals surface area contributed by atoms with Gasteiger partial charge in [0.05, 0.1) is 20.8 Å². The van der Waals surface area contributed by atoms with E-state index < -0.39 is 0 Å². The molecule has 8 heteroatoms. The molecule has 0 unspecified atom stereocenters. The first-order valence-electron chi connectivity index (χ1n) is 10.6. The number of rotatable bonds is 7. The van der Waals surface area contributed by atoms with Crippen molar-refractivity contribution in [2.24, 2.45) is 10.1 Å². The topological polar surface area (TPSA) is 98.9 Å². The lowest BCUT2D eigenvalue weighted by atomic mass is 10.0. The molecule has 0 bridgehead atoms. The molecule has 32 heavy (non-hydrogen) atoms. The summed E-state index contributed by atoms with van der Waals surface area (Å²) in [5, 5.41) is 29.7. The van der Waals surface area contributed by atoms with Crippen molar-refractivity contribution in [3.8, 4) is 23.0 Å². The van der Waals surface area contributed by atoms with Gasteiger partial charge in [0.15, 0.2) is 23.0 Å². The van der Waals surface area contributed by atoms with Gasteiger partial charge in [0, 0.05) is 24.4 Å². The quantitative estimate of drug-likeness (QED) is 0.617. The van der Waals surface area contributed by atoms with E-state index in [0.717, 1.165) is 60.8 Å². The van der Waals surface area contributed by atoms with E-state index in [9.17, 15) is 10.2 Å². The highest BCUT2D eigenvalue weighted by Crippen LogP contribution is 2.29. The van der Waals surface area contributed by atoms with Crippen molar-refractivity contribution in [2.75, 3.05) is 27.3 Å². The van der Waals surface area contributed by atoms with E-state index in [4.69, 9.17) is 14.6 Å². The molecule has 0 aromatic heterocycles. The maximum absolute atomic E-state index is 9.82. The number of phenolic OH excluding ortho intramolecular Hbond substituents is 2. The van der Waals surface area contributed by atoms with Gasteiger partial charge in [-0.1, -0.05) is 18.2 Å². The Morgan fingerprint density at radius 1 is 1.00 bits per heavy atom. The molecule has 0 radical (unpaired) electrons. The molecule has 168 valence electrons. The standard InChI is InChI=1S/C24H28N4O4/c1-31-22-13-16(5-9-20(22)29)3-7-18-15-19(28(27-18)24-25-11-12-26-24)8-4-17-6-10-21(30)23(14-17)32-2/h5-6,8-10,13-14,29-30H,3-4,7,11-12,15H2,1-2H3,(H,25,26). The number of allylic oxidation sites excluding steroid dienone is 2. The van der Waals surface area contributed by atoms with Crippen molar-refractivity contribution in [3.05, 3.63) is 59.3 Å². The number of hydrazone groups is 1. The van der Waals surface area contributed by atoms with Crippen LogP contribution in [-0.2, 0) is 12.8 Å². The molecule has 2 aromatic carbocycles. The molecule has 2 heterocycles. The second kappa shape index (κ2) is 9.64. The minimum atomic E-state index is 0.132. The van der Waals surface area contributed by atoms with E-state index in [-0.39, 0.29) is 11.5 Å². The van der Waals surface area contributed by atoms with Crippen molar-refractivity contribution in [1.82, 2.24) is 10.3 Å². The third-order valence-electron chi connectivity index (χ3n) is 5.52. The summed E-state index contributed by atoms with van der Waals surface area (Å²) in [6.45, 7) is 1.55. The second-order valence-electron chi connectivity index (χ2n) is 7.70. The largest absolute Gasteiger partial charge is 0.504 e. The number of aryl methyl sites for hydroxylation is 1. The average Bonchev–Trinajstić information content (AvgIpc) is 3.48. The first kappa shape index (κ1) is 21.5. The summed E-state index contributed by atoms with van der Waals surface area (Å²) in [6.07, 6.45) is 5.17. The molecule has 0 fully saturated rings. The van der Waals surface area contributed by atoms with Crippen molar-refractivity contribution < 1.29 is 19.7 Å². The van der Waals surface area contributed by atoms with Crippen LogP contribution in [0.3, 0.4) is 0 Å². The highest BCUT2D eigenvalue weighted by Gasteiger charge is 2.25. The van der Waals surface area contributed by atoms with Crippen molar-refractivity contribution in [2.45, 2.75) is 25.7 Å². The lowest BCUT2D eigenvalue weighted by molar-refractivity contribution is 0.373. The number of nitrogens with one attached hydrogen (secondary N) is 1. The van der Waals surface area contributed by atoms with E-state index in [1.807, 2.05) is 29.3 Å². The molecular formula is C24H28N4O4. The molecule has 2 aromatic rings. The Balaban J connectivity index is 1.48. The van der Waals surface area contributed by atoms with Gasteiger partial charge in [0.25, 0.3) is 0 Å². The SMILES string of the molecule is COc1cc(CC=C2CC(CCc3ccc(O)c(OC)c3)=NN2C2=NCCN2)ccc1O. The lowest BCUT2D eigenvalue weighted by Gasteiger charge is -2.16. The first-order chi connectivity index (χ1) is 15.6. The Labute approximate surface area is 187 Å². The van der Waals surface area contributed by atoms with Crippen LogP contribution in [0.2, 0.25) is 0 Å². The van der Waals surface area contributed by atoms with Gasteiger partial charge in [-0.2, -0.15) is 5.10 Å². The van der Waals surface area contributed by atoms with Gasteiger partial charge >= 0.3 is 0 Å². The number of aromatic hydroxyl groups is 2. The fourth-order valence-corrected chi connectivity index (χ4v) is 3.78. The Kier molecular flexibility index (Phi) is 6.49. The third-order valence-corrected chi connectivity index (χ3v) is 5.52. The average molecular weight is 437 g/mol. The minimum absolute atomic E-state index is 0.132. The highest BCUT2D eigenvalue weighted by atomic mass is 16.5. The van der Waals surface area contributed by atoms with E-state index in [1.165, 1.54) is 0 Å². The van der Waals surface area contributed by atoms with Gasteiger partial charge in [-0.15, -0.1) is 0 Å². The number of ether oxygens (including phenoxy) is 2. The van der Waals surface area contributed by atoms with E-state index >= 15 is 0 Å². The molecule has 0 saturated heterocycles. The van der Waals surface area contributed by atoms with Crippen LogP contribution >= 0.6 is 0 Å². The van der Waals surface area contributed by atoms with Crippen LogP contribution < -0.4 is 14.8 Å². The molecular weight excluding hydrogens is 408 g/mol. The van der Waals surface area contributed by atoms with Crippen LogP contribution in [0.15, 0.2) is 58.3 Å². The van der Waals surface area contributed by atoms with Crippen LogP contribution in [0, 0.1) is 0 Å². The van der Waals surface area contributed by atoms with Gasteiger partial charge in [0.1, 0.15) is 0 Å². The molecule has 2 aliphatic rings. The molecule has 8 nitrogen and oxygen atoms in total. The zero-order valence-electron chi connectivity index (χ0n) is 18.3. The van der Waals surface area contributed by atoms with Crippen molar-refractivity contribution >= 4 is 11.7 Å². The predicted molar refractivity (Wildman–Crippen MR) is 124 cm³/mol. The summed E-state index contributed by atoms with van der Waals surface area (Å²) in [5.74, 6) is 1.99. The fourth-order valence-electron chi connectivity index (χ4n) is 3.78. The molecule has 0 saturated carbocycles. The van der Waals surface area contributed by atoms with Crippen molar-refractivity contribution in [1.29, 1.82) is 0 Å². The van der Waals surface area contributed by atoms with Crippen molar-refractivity contribution in [3.63, 3.8) is 0 Å². The monoisotopic (exact) mass is 436 g/mol. The normalized spacial score (nSPS) is 16.7. The van der Waals surface area contributed by atoms with Crippen LogP contribution in [0.1, 0.15) is 24.0 Å². The Morgan fingerprint density at radius 2 is 1.69 bits per heavy atom. The van der Waals surface area contributed by atoms with Gasteiger partial charge in [-0.3, -0.25) is 0 Å². The minimum Gasteiger partial charge on any atom is -0.504 e. The summed E-state index contributed by atoms with van der Waals surface area (Å²) in [5.41, 5.74) is 4.27. The van der Waals surface area contributed by atoms with Crippen LogP contribution in [0.4, 0.5) is 0 Å². The Morgan fingerprint density at radius 3 is 2.34 bits per heavy atom. The van der Waals surface area contributed by atoms with Gasteiger partial charge < -0.3 is 25.0 Å². The number of hydrogen-bond acceptors (Lipinski definition) is 8. The molecule has 0 spiro atoms. The number of nitrogens with zero attached hydrogens (tertiary/aromatic N) is 3. The molecule has 3 N–H and O–H groups in total.